The van der Waals surface area contributed by atoms with Crippen LogP contribution in [0, 0.1) is 0 Å². The summed E-state index contributed by atoms with van der Waals surface area (Å²) < 4.78 is 4.96. The van der Waals surface area contributed by atoms with Crippen LogP contribution in [0.5, 0.6) is 0 Å². The highest BCUT2D eigenvalue weighted by molar-refractivity contribution is 7.20. The van der Waals surface area contributed by atoms with Gasteiger partial charge in [-0.3, -0.25) is 0 Å². The first kappa shape index (κ1) is 36.8. The molecule has 3 heteroatoms. The number of para-hydroxylation sites is 2. The van der Waals surface area contributed by atoms with Crippen LogP contribution in [0.3, 0.4) is 0 Å². The lowest BCUT2D eigenvalue weighted by Crippen LogP contribution is -2.74. The minimum atomic E-state index is -2.75. The fourth-order valence-electron chi connectivity index (χ4n) is 10.3. The standard InChI is InChI=1S/C60H42N2Si/c1-6-20-43(21-7-1)45-34-38-58(54(40-45)44-22-8-2-9-23-44)62-57-33-19-16-30-51(57)53-37-35-46(41-60(53)62)61-56-32-18-17-31-52(56)55-42-50(36-39-59(55)61)63(47-24-10-3-11-25-47,48-26-12-4-13-27-48)49-28-14-5-15-29-49/h1-42H. The number of benzene rings is 10. The minimum Gasteiger partial charge on any atom is -0.309 e. The Labute approximate surface area is 368 Å². The summed E-state index contributed by atoms with van der Waals surface area (Å²) in [7, 11) is -2.75. The number of rotatable bonds is 8. The van der Waals surface area contributed by atoms with E-state index in [0.717, 1.165) is 11.4 Å². The number of fused-ring (bicyclic) bond motifs is 6. The lowest BCUT2D eigenvalue weighted by Gasteiger charge is -2.34. The van der Waals surface area contributed by atoms with E-state index in [2.05, 4.69) is 264 Å². The predicted octanol–water partition coefficient (Wildman–Crippen LogP) is 12.6. The summed E-state index contributed by atoms with van der Waals surface area (Å²) in [6, 6.07) is 94.2. The Morgan fingerprint density at radius 1 is 0.254 bits per heavy atom. The summed E-state index contributed by atoms with van der Waals surface area (Å²) in [5.74, 6) is 0. The van der Waals surface area contributed by atoms with Crippen LogP contribution in [0.15, 0.2) is 255 Å². The summed E-state index contributed by atoms with van der Waals surface area (Å²) in [5.41, 5.74) is 11.8. The smallest absolute Gasteiger partial charge is 0.179 e. The topological polar surface area (TPSA) is 9.86 Å². The Bertz CT molecular complexity index is 3500. The second-order valence-corrected chi connectivity index (χ2v) is 20.3. The van der Waals surface area contributed by atoms with Crippen molar-refractivity contribution in [3.8, 4) is 33.6 Å². The molecule has 0 radical (unpaired) electrons. The molecule has 2 heterocycles. The number of aromatic nitrogens is 2. The van der Waals surface area contributed by atoms with Crippen LogP contribution in [0.4, 0.5) is 0 Å². The molecule has 0 fully saturated rings. The first-order chi connectivity index (χ1) is 31.3. The van der Waals surface area contributed by atoms with Crippen molar-refractivity contribution in [3.05, 3.63) is 255 Å². The van der Waals surface area contributed by atoms with E-state index in [1.54, 1.807) is 0 Å². The average Bonchev–Trinajstić information content (AvgIpc) is 3.88. The highest BCUT2D eigenvalue weighted by Crippen LogP contribution is 2.40. The normalized spacial score (nSPS) is 11.8. The van der Waals surface area contributed by atoms with Gasteiger partial charge in [-0.15, -0.1) is 0 Å². The third kappa shape index (κ3) is 5.93. The van der Waals surface area contributed by atoms with E-state index in [0.29, 0.717) is 0 Å². The SMILES string of the molecule is c1ccc(-c2ccc(-n3c4ccccc4c4ccc(-n5c6ccccc6c6cc([Si](c7ccccc7)(c7ccccc7)c7ccccc7)ccc65)cc43)c(-c3ccccc3)c2)cc1. The molecule has 0 spiro atoms. The lowest BCUT2D eigenvalue weighted by molar-refractivity contribution is 1.16. The third-order valence-corrected chi connectivity index (χ3v) is 17.8. The molecule has 0 aliphatic rings. The summed E-state index contributed by atoms with van der Waals surface area (Å²) in [6.07, 6.45) is 0. The molecule has 10 aromatic carbocycles. The van der Waals surface area contributed by atoms with Crippen molar-refractivity contribution < 1.29 is 0 Å². The predicted molar refractivity (Wildman–Crippen MR) is 270 cm³/mol. The van der Waals surface area contributed by atoms with Crippen molar-refractivity contribution in [3.63, 3.8) is 0 Å². The summed E-state index contributed by atoms with van der Waals surface area (Å²) in [4.78, 5) is 0. The zero-order chi connectivity index (χ0) is 41.7. The fraction of sp³-hybridized carbons (Fsp3) is 0. The van der Waals surface area contributed by atoms with Gasteiger partial charge >= 0.3 is 0 Å². The van der Waals surface area contributed by atoms with E-state index < -0.39 is 8.07 Å². The molecule has 0 saturated carbocycles. The molecule has 0 aliphatic heterocycles. The van der Waals surface area contributed by atoms with E-state index in [4.69, 9.17) is 0 Å². The molecule has 0 unspecified atom stereocenters. The van der Waals surface area contributed by atoms with Crippen LogP contribution in [0.1, 0.15) is 0 Å². The number of hydrogen-bond acceptors (Lipinski definition) is 0. The van der Waals surface area contributed by atoms with Crippen molar-refractivity contribution in [1.29, 1.82) is 0 Å². The molecule has 0 N–H and O–H groups in total. The van der Waals surface area contributed by atoms with Crippen molar-refractivity contribution in [2.24, 2.45) is 0 Å². The summed E-state index contributed by atoms with van der Waals surface area (Å²) >= 11 is 0. The number of hydrogen-bond donors (Lipinski definition) is 0. The molecule has 12 aromatic rings. The van der Waals surface area contributed by atoms with Crippen LogP contribution in [0.2, 0.25) is 0 Å². The molecule has 296 valence electrons. The van der Waals surface area contributed by atoms with Crippen LogP contribution < -0.4 is 20.7 Å². The molecule has 63 heavy (non-hydrogen) atoms. The first-order valence-electron chi connectivity index (χ1n) is 21.8. The Morgan fingerprint density at radius 3 is 1.33 bits per heavy atom. The molecular weight excluding hydrogens is 777 g/mol. The van der Waals surface area contributed by atoms with Crippen molar-refractivity contribution >= 4 is 72.4 Å². The average molecular weight is 819 g/mol. The maximum atomic E-state index is 2.52. The second-order valence-electron chi connectivity index (χ2n) is 16.5. The largest absolute Gasteiger partial charge is 0.309 e. The Hall–Kier alpha value is -7.98. The zero-order valence-electron chi connectivity index (χ0n) is 34.6. The van der Waals surface area contributed by atoms with Gasteiger partial charge in [-0.05, 0) is 79.9 Å². The van der Waals surface area contributed by atoms with Crippen LogP contribution in [0.25, 0.3) is 77.2 Å². The van der Waals surface area contributed by atoms with Gasteiger partial charge in [0.05, 0.1) is 27.8 Å². The number of nitrogens with zero attached hydrogens (tertiary/aromatic N) is 2. The Balaban J connectivity index is 1.11. The van der Waals surface area contributed by atoms with Gasteiger partial charge in [0, 0.05) is 32.8 Å². The van der Waals surface area contributed by atoms with Gasteiger partial charge in [-0.2, -0.15) is 0 Å². The molecule has 2 nitrogen and oxygen atoms in total. The fourth-order valence-corrected chi connectivity index (χ4v) is 15.1. The van der Waals surface area contributed by atoms with Gasteiger partial charge in [0.1, 0.15) is 0 Å². The van der Waals surface area contributed by atoms with Crippen LogP contribution in [-0.4, -0.2) is 17.2 Å². The summed E-state index contributed by atoms with van der Waals surface area (Å²) in [6.45, 7) is 0. The molecule has 12 rings (SSSR count). The van der Waals surface area contributed by atoms with Crippen LogP contribution in [-0.2, 0) is 0 Å². The lowest BCUT2D eigenvalue weighted by atomic mass is 9.97. The monoisotopic (exact) mass is 818 g/mol. The Kier molecular flexibility index (Phi) is 8.87. The van der Waals surface area contributed by atoms with Gasteiger partial charge in [-0.1, -0.05) is 212 Å². The van der Waals surface area contributed by atoms with E-state index in [1.165, 1.54) is 86.6 Å². The van der Waals surface area contributed by atoms with Gasteiger partial charge in [-0.25, -0.2) is 0 Å². The highest BCUT2D eigenvalue weighted by Gasteiger charge is 2.41. The van der Waals surface area contributed by atoms with Crippen molar-refractivity contribution in [1.82, 2.24) is 9.13 Å². The van der Waals surface area contributed by atoms with Gasteiger partial charge < -0.3 is 9.13 Å². The molecule has 0 saturated heterocycles. The van der Waals surface area contributed by atoms with E-state index >= 15 is 0 Å². The third-order valence-electron chi connectivity index (χ3n) is 13.1. The molecule has 0 amide bonds. The quantitative estimate of drug-likeness (QED) is 0.107. The molecule has 2 aromatic heterocycles. The molecule has 0 aliphatic carbocycles. The van der Waals surface area contributed by atoms with E-state index in [9.17, 15) is 0 Å². The van der Waals surface area contributed by atoms with Crippen molar-refractivity contribution in [2.75, 3.05) is 0 Å². The zero-order valence-corrected chi connectivity index (χ0v) is 35.6. The maximum Gasteiger partial charge on any atom is 0.179 e. The van der Waals surface area contributed by atoms with Crippen LogP contribution >= 0.6 is 0 Å². The molecular formula is C60H42N2Si. The Morgan fingerprint density at radius 2 is 0.730 bits per heavy atom. The highest BCUT2D eigenvalue weighted by atomic mass is 28.3. The maximum absolute atomic E-state index is 2.75. The minimum absolute atomic E-state index is 1.13. The first-order valence-corrected chi connectivity index (χ1v) is 23.8. The molecule has 0 atom stereocenters. The van der Waals surface area contributed by atoms with Crippen molar-refractivity contribution in [2.45, 2.75) is 0 Å². The van der Waals surface area contributed by atoms with Gasteiger partial charge in [0.25, 0.3) is 0 Å². The second kappa shape index (κ2) is 15.2. The van der Waals surface area contributed by atoms with Gasteiger partial charge in [0.15, 0.2) is 8.07 Å². The van der Waals surface area contributed by atoms with E-state index in [-0.39, 0.29) is 0 Å². The molecule has 0 bridgehead atoms. The summed E-state index contributed by atoms with van der Waals surface area (Å²) in [5, 5.41) is 10.4. The van der Waals surface area contributed by atoms with E-state index in [1.807, 2.05) is 0 Å². The van der Waals surface area contributed by atoms with Gasteiger partial charge in [0.2, 0.25) is 0 Å².